The molecule has 0 unspecified atom stereocenters. The number of nitrogens with two attached hydrogens (primary N) is 1. The molecule has 1 amide bonds. The first kappa shape index (κ1) is 25.4. The molecule has 0 saturated carbocycles. The van der Waals surface area contributed by atoms with Gasteiger partial charge in [0.1, 0.15) is 11.4 Å². The standard InChI is InChI=1S/C24H29N7O4/c1-5-20-24(35-19-8-6-7-18(15-19)31(33)34)28-23(21(27-20)22(25)32)26-16-9-11-17(12-10-16)30(4)14-13-29(2)3/h6-12,15H,5,13-14H2,1-4H3,(H2,25,32)(H,26,28). The third-order valence-corrected chi connectivity index (χ3v) is 5.20. The minimum atomic E-state index is -0.739. The van der Waals surface area contributed by atoms with Gasteiger partial charge in [0.15, 0.2) is 11.5 Å². The molecule has 1 heterocycles. The zero-order chi connectivity index (χ0) is 25.5. The van der Waals surface area contributed by atoms with Gasteiger partial charge < -0.3 is 25.6 Å². The van der Waals surface area contributed by atoms with Gasteiger partial charge in [0.05, 0.1) is 11.0 Å². The third-order valence-electron chi connectivity index (χ3n) is 5.20. The van der Waals surface area contributed by atoms with Gasteiger partial charge in [0.2, 0.25) is 5.88 Å². The summed E-state index contributed by atoms with van der Waals surface area (Å²) in [6, 6.07) is 13.4. The fraction of sp³-hybridized carbons (Fsp3) is 0.292. The van der Waals surface area contributed by atoms with Crippen molar-refractivity contribution < 1.29 is 14.5 Å². The van der Waals surface area contributed by atoms with Crippen molar-refractivity contribution in [3.63, 3.8) is 0 Å². The van der Waals surface area contributed by atoms with Crippen LogP contribution in [0.25, 0.3) is 0 Å². The van der Waals surface area contributed by atoms with E-state index < -0.39 is 10.8 Å². The highest BCUT2D eigenvalue weighted by atomic mass is 16.6. The fourth-order valence-corrected chi connectivity index (χ4v) is 3.21. The summed E-state index contributed by atoms with van der Waals surface area (Å²) < 4.78 is 5.82. The molecule has 0 atom stereocenters. The van der Waals surface area contributed by atoms with Crippen molar-refractivity contribution in [1.82, 2.24) is 14.9 Å². The lowest BCUT2D eigenvalue weighted by atomic mass is 10.2. The molecule has 3 rings (SSSR count). The van der Waals surface area contributed by atoms with Gasteiger partial charge in [-0.2, -0.15) is 4.98 Å². The number of anilines is 3. The van der Waals surface area contributed by atoms with Crippen LogP contribution in [0.5, 0.6) is 11.6 Å². The minimum Gasteiger partial charge on any atom is -0.437 e. The highest BCUT2D eigenvalue weighted by Crippen LogP contribution is 2.29. The van der Waals surface area contributed by atoms with E-state index in [0.717, 1.165) is 18.8 Å². The van der Waals surface area contributed by atoms with E-state index in [0.29, 0.717) is 17.8 Å². The second-order valence-electron chi connectivity index (χ2n) is 8.14. The number of rotatable bonds is 11. The number of hydrogen-bond donors (Lipinski definition) is 2. The van der Waals surface area contributed by atoms with Crippen LogP contribution >= 0.6 is 0 Å². The van der Waals surface area contributed by atoms with Crippen LogP contribution < -0.4 is 20.7 Å². The quantitative estimate of drug-likeness (QED) is 0.312. The molecule has 0 saturated heterocycles. The van der Waals surface area contributed by atoms with Gasteiger partial charge in [-0.25, -0.2) is 4.98 Å². The van der Waals surface area contributed by atoms with Gasteiger partial charge >= 0.3 is 0 Å². The molecule has 0 aliphatic carbocycles. The highest BCUT2D eigenvalue weighted by molar-refractivity contribution is 5.96. The third kappa shape index (κ3) is 6.64. The summed E-state index contributed by atoms with van der Waals surface area (Å²) in [6.07, 6.45) is 0.409. The van der Waals surface area contributed by atoms with Crippen LogP contribution in [0.2, 0.25) is 0 Å². The van der Waals surface area contributed by atoms with Crippen LogP contribution in [-0.2, 0) is 6.42 Å². The molecule has 11 heteroatoms. The second kappa shape index (κ2) is 11.3. The molecule has 35 heavy (non-hydrogen) atoms. The Kier molecular flexibility index (Phi) is 8.16. The smallest absolute Gasteiger partial charge is 0.273 e. The van der Waals surface area contributed by atoms with Gasteiger partial charge in [0, 0.05) is 37.6 Å². The molecular weight excluding hydrogens is 450 g/mol. The van der Waals surface area contributed by atoms with E-state index in [2.05, 4.69) is 25.1 Å². The molecule has 0 fully saturated rings. The van der Waals surface area contributed by atoms with E-state index >= 15 is 0 Å². The Balaban J connectivity index is 1.89. The number of carbonyl (C=O) groups excluding carboxylic acids is 1. The Morgan fingerprint density at radius 3 is 2.43 bits per heavy atom. The molecule has 0 radical (unpaired) electrons. The molecule has 0 aliphatic rings. The Labute approximate surface area is 203 Å². The maximum Gasteiger partial charge on any atom is 0.273 e. The van der Waals surface area contributed by atoms with Gasteiger partial charge in [0.25, 0.3) is 11.6 Å². The number of amides is 1. The van der Waals surface area contributed by atoms with E-state index in [4.69, 9.17) is 10.5 Å². The van der Waals surface area contributed by atoms with Crippen molar-refractivity contribution in [3.8, 4) is 11.6 Å². The summed E-state index contributed by atoms with van der Waals surface area (Å²) in [5.41, 5.74) is 7.53. The zero-order valence-electron chi connectivity index (χ0n) is 20.2. The van der Waals surface area contributed by atoms with Gasteiger partial charge in [-0.3, -0.25) is 14.9 Å². The minimum absolute atomic E-state index is 0.0274. The SMILES string of the molecule is CCc1nc(C(N)=O)c(Nc2ccc(N(C)CCN(C)C)cc2)nc1Oc1cccc([N+](=O)[O-])c1. The van der Waals surface area contributed by atoms with E-state index in [-0.39, 0.29) is 28.8 Å². The van der Waals surface area contributed by atoms with Crippen LogP contribution in [0.3, 0.4) is 0 Å². The molecule has 0 aliphatic heterocycles. The number of hydrogen-bond acceptors (Lipinski definition) is 9. The summed E-state index contributed by atoms with van der Waals surface area (Å²) in [5, 5.41) is 14.2. The molecule has 0 bridgehead atoms. The van der Waals surface area contributed by atoms with Crippen molar-refractivity contribution in [2.45, 2.75) is 13.3 Å². The largest absolute Gasteiger partial charge is 0.437 e. The maximum atomic E-state index is 12.1. The first-order valence-corrected chi connectivity index (χ1v) is 11.0. The molecule has 0 spiro atoms. The Morgan fingerprint density at radius 2 is 1.83 bits per heavy atom. The topological polar surface area (TPSA) is 140 Å². The number of nitro benzene ring substituents is 1. The fourth-order valence-electron chi connectivity index (χ4n) is 3.21. The van der Waals surface area contributed by atoms with E-state index in [9.17, 15) is 14.9 Å². The van der Waals surface area contributed by atoms with Crippen LogP contribution in [0.1, 0.15) is 23.1 Å². The molecule has 11 nitrogen and oxygen atoms in total. The monoisotopic (exact) mass is 479 g/mol. The lowest BCUT2D eigenvalue weighted by molar-refractivity contribution is -0.384. The number of nitro groups is 1. The van der Waals surface area contributed by atoms with E-state index in [1.54, 1.807) is 6.07 Å². The summed E-state index contributed by atoms with van der Waals surface area (Å²) in [4.78, 5) is 35.7. The lowest BCUT2D eigenvalue weighted by Crippen LogP contribution is -2.28. The van der Waals surface area contributed by atoms with Gasteiger partial charge in [-0.15, -0.1) is 0 Å². The van der Waals surface area contributed by atoms with Crippen LogP contribution in [0.4, 0.5) is 22.9 Å². The van der Waals surface area contributed by atoms with Gasteiger partial charge in [-0.1, -0.05) is 13.0 Å². The number of primary amides is 1. The number of aromatic nitrogens is 2. The number of carbonyl (C=O) groups is 1. The molecule has 2 aromatic carbocycles. The highest BCUT2D eigenvalue weighted by Gasteiger charge is 2.19. The number of nitrogens with one attached hydrogen (secondary N) is 1. The van der Waals surface area contributed by atoms with Crippen molar-refractivity contribution in [2.24, 2.45) is 5.73 Å². The lowest BCUT2D eigenvalue weighted by Gasteiger charge is -2.22. The Morgan fingerprint density at radius 1 is 1.11 bits per heavy atom. The molecular formula is C24H29N7O4. The average Bonchev–Trinajstić information content (AvgIpc) is 2.83. The molecule has 184 valence electrons. The molecule has 1 aromatic heterocycles. The predicted molar refractivity (Wildman–Crippen MR) is 135 cm³/mol. The van der Waals surface area contributed by atoms with Gasteiger partial charge in [-0.05, 0) is 50.8 Å². The number of non-ortho nitro benzene ring substituents is 1. The molecule has 3 N–H and O–H groups in total. The summed E-state index contributed by atoms with van der Waals surface area (Å²) in [7, 11) is 6.07. The van der Waals surface area contributed by atoms with Crippen molar-refractivity contribution in [2.75, 3.05) is 44.4 Å². The van der Waals surface area contributed by atoms with Crippen molar-refractivity contribution in [1.29, 1.82) is 0 Å². The summed E-state index contributed by atoms with van der Waals surface area (Å²) in [6.45, 7) is 3.62. The predicted octanol–water partition coefficient (Wildman–Crippen LogP) is 3.58. The summed E-state index contributed by atoms with van der Waals surface area (Å²) >= 11 is 0. The number of likely N-dealkylation sites (N-methyl/N-ethyl adjacent to an activating group) is 2. The Hall–Kier alpha value is -4.25. The first-order valence-electron chi connectivity index (χ1n) is 11.0. The Bertz CT molecular complexity index is 1200. The van der Waals surface area contributed by atoms with Crippen LogP contribution in [0.15, 0.2) is 48.5 Å². The average molecular weight is 480 g/mol. The zero-order valence-corrected chi connectivity index (χ0v) is 20.2. The van der Waals surface area contributed by atoms with E-state index in [1.807, 2.05) is 52.3 Å². The number of benzene rings is 2. The van der Waals surface area contributed by atoms with E-state index in [1.165, 1.54) is 18.2 Å². The normalized spacial score (nSPS) is 10.8. The van der Waals surface area contributed by atoms with Crippen molar-refractivity contribution in [3.05, 3.63) is 70.0 Å². The molecule has 3 aromatic rings. The number of aryl methyl sites for hydroxylation is 1. The first-order chi connectivity index (χ1) is 16.7. The number of nitrogens with zero attached hydrogens (tertiary/aromatic N) is 5. The maximum absolute atomic E-state index is 12.1. The van der Waals surface area contributed by atoms with Crippen molar-refractivity contribution >= 4 is 28.8 Å². The van der Waals surface area contributed by atoms with Crippen LogP contribution in [0, 0.1) is 10.1 Å². The summed E-state index contributed by atoms with van der Waals surface area (Å²) in [5.74, 6) is -0.257. The van der Waals surface area contributed by atoms with Crippen LogP contribution in [-0.4, -0.2) is 59.9 Å². The second-order valence-corrected chi connectivity index (χ2v) is 8.14. The number of ether oxygens (including phenoxy) is 1.